The highest BCUT2D eigenvalue weighted by Gasteiger charge is 2.12. The van der Waals surface area contributed by atoms with E-state index in [1.54, 1.807) is 12.1 Å². The second-order valence-electron chi connectivity index (χ2n) is 5.49. The first kappa shape index (κ1) is 18.0. The Kier molecular flexibility index (Phi) is 7.84. The summed E-state index contributed by atoms with van der Waals surface area (Å²) < 4.78 is 11.3. The van der Waals surface area contributed by atoms with Gasteiger partial charge in [-0.3, -0.25) is 4.79 Å². The van der Waals surface area contributed by atoms with E-state index in [0.717, 1.165) is 25.9 Å². The molecule has 2 aromatic carbocycles. The number of rotatable bonds is 10. The van der Waals surface area contributed by atoms with Gasteiger partial charge in [0.05, 0.1) is 5.56 Å². The van der Waals surface area contributed by atoms with Crippen LogP contribution in [0.15, 0.2) is 54.6 Å². The number of hydrogen-bond acceptors (Lipinski definition) is 3. The summed E-state index contributed by atoms with van der Waals surface area (Å²) in [5, 5.41) is 2.92. The third kappa shape index (κ3) is 6.05. The highest BCUT2D eigenvalue weighted by molar-refractivity contribution is 5.96. The average Bonchev–Trinajstić information content (AvgIpc) is 2.62. The summed E-state index contributed by atoms with van der Waals surface area (Å²) >= 11 is 0. The normalized spacial score (nSPS) is 10.4. The number of amides is 1. The number of carbonyl (C=O) groups is 1. The molecule has 4 nitrogen and oxygen atoms in total. The molecule has 24 heavy (non-hydrogen) atoms. The van der Waals surface area contributed by atoms with E-state index >= 15 is 0 Å². The van der Waals surface area contributed by atoms with E-state index in [1.165, 1.54) is 0 Å². The molecule has 0 aliphatic carbocycles. The van der Waals surface area contributed by atoms with Gasteiger partial charge < -0.3 is 14.8 Å². The molecule has 1 amide bonds. The number of carbonyl (C=O) groups excluding carboxylic acids is 1. The maximum Gasteiger partial charge on any atom is 0.255 e. The summed E-state index contributed by atoms with van der Waals surface area (Å²) in [6, 6.07) is 16.7. The van der Waals surface area contributed by atoms with Gasteiger partial charge >= 0.3 is 0 Å². The Morgan fingerprint density at radius 2 is 1.67 bits per heavy atom. The molecular weight excluding hydrogens is 302 g/mol. The molecule has 0 unspecified atom stereocenters. The Labute approximate surface area is 143 Å². The maximum absolute atomic E-state index is 12.4. The Bertz CT molecular complexity index is 613. The summed E-state index contributed by atoms with van der Waals surface area (Å²) in [6.07, 6.45) is 3.02. The molecule has 0 aromatic heterocycles. The zero-order valence-electron chi connectivity index (χ0n) is 14.2. The van der Waals surface area contributed by atoms with Crippen molar-refractivity contribution in [1.82, 2.24) is 5.32 Å². The molecule has 0 fully saturated rings. The lowest BCUT2D eigenvalue weighted by atomic mass is 10.2. The van der Waals surface area contributed by atoms with E-state index in [0.29, 0.717) is 30.2 Å². The molecule has 0 atom stereocenters. The molecular formula is C20H25NO3. The van der Waals surface area contributed by atoms with Crippen molar-refractivity contribution >= 4 is 5.91 Å². The minimum absolute atomic E-state index is 0.130. The standard InChI is InChI=1S/C20H25NO3/c1-2-3-15-23-16-9-14-21-20(22)18-12-7-8-13-19(18)24-17-10-5-4-6-11-17/h4-8,10-13H,2-3,9,14-16H2,1H3,(H,21,22). The van der Waals surface area contributed by atoms with Gasteiger partial charge in [-0.2, -0.15) is 0 Å². The van der Waals surface area contributed by atoms with Gasteiger partial charge in [0.25, 0.3) is 5.91 Å². The van der Waals surface area contributed by atoms with E-state index < -0.39 is 0 Å². The van der Waals surface area contributed by atoms with Crippen molar-refractivity contribution in [3.05, 3.63) is 60.2 Å². The summed E-state index contributed by atoms with van der Waals surface area (Å²) in [5.41, 5.74) is 0.535. The molecule has 0 saturated carbocycles. The van der Waals surface area contributed by atoms with E-state index in [1.807, 2.05) is 42.5 Å². The third-order valence-electron chi connectivity index (χ3n) is 3.50. The van der Waals surface area contributed by atoms with Crippen molar-refractivity contribution in [3.8, 4) is 11.5 Å². The van der Waals surface area contributed by atoms with Crippen molar-refractivity contribution in [2.24, 2.45) is 0 Å². The fraction of sp³-hybridized carbons (Fsp3) is 0.350. The van der Waals surface area contributed by atoms with Crippen LogP contribution in [-0.2, 0) is 4.74 Å². The smallest absolute Gasteiger partial charge is 0.255 e. The fourth-order valence-electron chi connectivity index (χ4n) is 2.18. The van der Waals surface area contributed by atoms with Crippen LogP contribution < -0.4 is 10.1 Å². The molecule has 1 N–H and O–H groups in total. The Balaban J connectivity index is 1.83. The molecule has 2 aromatic rings. The van der Waals surface area contributed by atoms with Gasteiger partial charge in [-0.25, -0.2) is 0 Å². The number of benzene rings is 2. The van der Waals surface area contributed by atoms with E-state index in [2.05, 4.69) is 12.2 Å². The van der Waals surface area contributed by atoms with Gasteiger partial charge in [-0.1, -0.05) is 43.7 Å². The van der Waals surface area contributed by atoms with Crippen LogP contribution in [0.4, 0.5) is 0 Å². The van der Waals surface area contributed by atoms with Crippen molar-refractivity contribution in [3.63, 3.8) is 0 Å². The van der Waals surface area contributed by atoms with Crippen molar-refractivity contribution < 1.29 is 14.3 Å². The van der Waals surface area contributed by atoms with Crippen molar-refractivity contribution in [2.45, 2.75) is 26.2 Å². The van der Waals surface area contributed by atoms with Crippen LogP contribution in [0.1, 0.15) is 36.5 Å². The van der Waals surface area contributed by atoms with Crippen LogP contribution in [0, 0.1) is 0 Å². The third-order valence-corrected chi connectivity index (χ3v) is 3.50. The summed E-state index contributed by atoms with van der Waals surface area (Å²) in [5.74, 6) is 1.14. The lowest BCUT2D eigenvalue weighted by molar-refractivity contribution is 0.0938. The molecule has 0 radical (unpaired) electrons. The monoisotopic (exact) mass is 327 g/mol. The Hall–Kier alpha value is -2.33. The van der Waals surface area contributed by atoms with Gasteiger partial charge in [0, 0.05) is 19.8 Å². The van der Waals surface area contributed by atoms with Gasteiger partial charge in [-0.15, -0.1) is 0 Å². The highest BCUT2D eigenvalue weighted by Crippen LogP contribution is 2.24. The van der Waals surface area contributed by atoms with Gasteiger partial charge in [0.2, 0.25) is 0 Å². The first-order valence-electron chi connectivity index (χ1n) is 8.49. The van der Waals surface area contributed by atoms with Gasteiger partial charge in [-0.05, 0) is 37.1 Å². The SMILES string of the molecule is CCCCOCCCNC(=O)c1ccccc1Oc1ccccc1. The average molecular weight is 327 g/mol. The largest absolute Gasteiger partial charge is 0.457 e. The van der Waals surface area contributed by atoms with Crippen LogP contribution in [0.25, 0.3) is 0 Å². The van der Waals surface area contributed by atoms with Crippen LogP contribution in [0.2, 0.25) is 0 Å². The number of ether oxygens (including phenoxy) is 2. The Morgan fingerprint density at radius 1 is 0.958 bits per heavy atom. The van der Waals surface area contributed by atoms with E-state index in [-0.39, 0.29) is 5.91 Å². The molecule has 0 heterocycles. The first-order valence-corrected chi connectivity index (χ1v) is 8.49. The zero-order chi connectivity index (χ0) is 17.0. The van der Waals surface area contributed by atoms with Crippen molar-refractivity contribution in [2.75, 3.05) is 19.8 Å². The molecule has 0 saturated heterocycles. The van der Waals surface area contributed by atoms with Gasteiger partial charge in [0.1, 0.15) is 11.5 Å². The molecule has 0 aliphatic heterocycles. The molecule has 0 aliphatic rings. The highest BCUT2D eigenvalue weighted by atomic mass is 16.5. The quantitative estimate of drug-likeness (QED) is 0.657. The first-order chi connectivity index (χ1) is 11.8. The number of unbranched alkanes of at least 4 members (excludes halogenated alkanes) is 1. The predicted octanol–water partition coefficient (Wildman–Crippen LogP) is 4.42. The number of hydrogen-bond donors (Lipinski definition) is 1. The topological polar surface area (TPSA) is 47.6 Å². The molecule has 2 rings (SSSR count). The number of para-hydroxylation sites is 2. The number of nitrogens with one attached hydrogen (secondary N) is 1. The summed E-state index contributed by atoms with van der Waals surface area (Å²) in [7, 11) is 0. The van der Waals surface area contributed by atoms with Crippen LogP contribution >= 0.6 is 0 Å². The second-order valence-corrected chi connectivity index (χ2v) is 5.49. The lowest BCUT2D eigenvalue weighted by Gasteiger charge is -2.11. The predicted molar refractivity (Wildman–Crippen MR) is 95.6 cm³/mol. The molecule has 4 heteroatoms. The zero-order valence-corrected chi connectivity index (χ0v) is 14.2. The molecule has 0 spiro atoms. The summed E-state index contributed by atoms with van der Waals surface area (Å²) in [6.45, 7) is 4.18. The lowest BCUT2D eigenvalue weighted by Crippen LogP contribution is -2.25. The molecule has 0 bridgehead atoms. The van der Waals surface area contributed by atoms with E-state index in [9.17, 15) is 4.79 Å². The molecule has 128 valence electrons. The van der Waals surface area contributed by atoms with Crippen LogP contribution in [-0.4, -0.2) is 25.7 Å². The fourth-order valence-corrected chi connectivity index (χ4v) is 2.18. The summed E-state index contributed by atoms with van der Waals surface area (Å²) in [4.78, 5) is 12.4. The minimum Gasteiger partial charge on any atom is -0.457 e. The maximum atomic E-state index is 12.4. The minimum atomic E-state index is -0.130. The van der Waals surface area contributed by atoms with E-state index in [4.69, 9.17) is 9.47 Å². The van der Waals surface area contributed by atoms with Crippen molar-refractivity contribution in [1.29, 1.82) is 0 Å². The second kappa shape index (κ2) is 10.4. The van der Waals surface area contributed by atoms with Gasteiger partial charge in [0.15, 0.2) is 0 Å². The Morgan fingerprint density at radius 3 is 2.46 bits per heavy atom. The van der Waals surface area contributed by atoms with Crippen LogP contribution in [0.5, 0.6) is 11.5 Å². The van der Waals surface area contributed by atoms with Crippen LogP contribution in [0.3, 0.4) is 0 Å².